The third-order valence-electron chi connectivity index (χ3n) is 0.620. The molecule has 0 unspecified atom stereocenters. The fourth-order valence-electron chi connectivity index (χ4n) is 0.186. The van der Waals surface area contributed by atoms with Gasteiger partial charge in [-0.15, -0.1) is 0 Å². The molecule has 1 N–H and O–H groups in total. The van der Waals surface area contributed by atoms with Crippen molar-refractivity contribution in [3.8, 4) is 0 Å². The second-order valence-corrected chi connectivity index (χ2v) is 1.49. The fraction of sp³-hybridized carbons (Fsp3) is 1.00. The Kier molecular flexibility index (Phi) is 4.63. The number of aliphatic hydroxyl groups excluding tert-OH is 1. The smallest absolute Gasteiger partial charge is 0.377 e. The Morgan fingerprint density at radius 2 is 1.00 bits per heavy atom. The van der Waals surface area contributed by atoms with E-state index in [1.807, 2.05) is 0 Å². The molecular weight excluding hydrogens is 231 g/mol. The molecule has 8 heteroatoms. The molecule has 0 aromatic carbocycles. The zero-order chi connectivity index (χ0) is 8.58. The second-order valence-electron chi connectivity index (χ2n) is 1.49. The molecule has 0 aromatic rings. The van der Waals surface area contributed by atoms with Crippen molar-refractivity contribution in [3.63, 3.8) is 0 Å². The van der Waals surface area contributed by atoms with E-state index in [1.165, 1.54) is 0 Å². The molecule has 0 amide bonds. The number of alkyl halides is 6. The minimum atomic E-state index is -5.63. The summed E-state index contributed by atoms with van der Waals surface area (Å²) < 4.78 is 65.9. The Bertz CT molecular complexity index is 102. The summed E-state index contributed by atoms with van der Waals surface area (Å²) in [6.07, 6.45) is -15.5. The van der Waals surface area contributed by atoms with Gasteiger partial charge in [-0.2, -0.15) is 26.3 Å². The molecule has 0 aliphatic carbocycles. The van der Waals surface area contributed by atoms with E-state index in [0.29, 0.717) is 0 Å². The molecule has 11 heavy (non-hydrogen) atoms. The maximum atomic E-state index is 11.0. The van der Waals surface area contributed by atoms with Crippen molar-refractivity contribution in [1.82, 2.24) is 0 Å². The van der Waals surface area contributed by atoms with Crippen LogP contribution in [0.2, 0.25) is 0 Å². The molecule has 0 spiro atoms. The van der Waals surface area contributed by atoms with E-state index >= 15 is 0 Å². The van der Waals surface area contributed by atoms with Crippen LogP contribution in [0.4, 0.5) is 26.3 Å². The van der Waals surface area contributed by atoms with Gasteiger partial charge < -0.3 is 5.11 Å². The number of rotatable bonds is 0. The molecule has 0 saturated carbocycles. The maximum absolute atomic E-state index is 11.0. The van der Waals surface area contributed by atoms with Crippen LogP contribution in [0.1, 0.15) is 0 Å². The van der Waals surface area contributed by atoms with Crippen LogP contribution in [0.15, 0.2) is 0 Å². The summed E-state index contributed by atoms with van der Waals surface area (Å²) in [6, 6.07) is 0. The summed E-state index contributed by atoms with van der Waals surface area (Å²) >= 11 is 0. The molecule has 1 nitrogen and oxygen atoms in total. The van der Waals surface area contributed by atoms with E-state index in [9.17, 15) is 26.3 Å². The van der Waals surface area contributed by atoms with Crippen LogP contribution in [0.3, 0.4) is 0 Å². The first-order chi connectivity index (χ1) is 4.15. The van der Waals surface area contributed by atoms with Gasteiger partial charge >= 0.3 is 12.4 Å². The minimum Gasteiger partial charge on any atom is -0.377 e. The van der Waals surface area contributed by atoms with E-state index in [1.54, 1.807) is 0 Å². The van der Waals surface area contributed by atoms with Gasteiger partial charge in [-0.05, 0) is 0 Å². The average Bonchev–Trinajstić information content (AvgIpc) is 1.59. The molecule has 0 bridgehead atoms. The van der Waals surface area contributed by atoms with Crippen LogP contribution in [-0.4, -0.2) is 23.6 Å². The van der Waals surface area contributed by atoms with E-state index in [0.717, 1.165) is 0 Å². The van der Waals surface area contributed by atoms with Gasteiger partial charge in [-0.3, -0.25) is 0 Å². The first-order valence-corrected chi connectivity index (χ1v) is 1.97. The predicted octanol–water partition coefficient (Wildman–Crippen LogP) is 1.47. The van der Waals surface area contributed by atoms with Gasteiger partial charge in [-0.1, -0.05) is 0 Å². The van der Waals surface area contributed by atoms with Crippen LogP contribution in [0.5, 0.6) is 0 Å². The topological polar surface area (TPSA) is 20.2 Å². The van der Waals surface area contributed by atoms with E-state index in [2.05, 4.69) is 0 Å². The zero-order valence-corrected chi connectivity index (χ0v) is 7.97. The Hall–Kier alpha value is 0.163. The molecule has 0 atom stereocenters. The maximum Gasteiger partial charge on any atom is 0.423 e. The monoisotopic (exact) mass is 232 g/mol. The molecule has 0 rings (SSSR count). The molecule has 0 aromatic heterocycles. The summed E-state index contributed by atoms with van der Waals surface area (Å²) in [5, 5.41) is 7.47. The van der Waals surface area contributed by atoms with Crippen molar-refractivity contribution in [2.45, 2.75) is 18.5 Å². The van der Waals surface area contributed by atoms with Gasteiger partial charge in [-0.25, -0.2) is 0 Å². The standard InChI is InChI=1S/C3H2F6O.Zn/c4-2(5,6)1(10)3(7,8)9;/h1,10H;. The number of aliphatic hydroxyl groups is 1. The van der Waals surface area contributed by atoms with Crippen LogP contribution in [0.25, 0.3) is 0 Å². The molecule has 0 saturated heterocycles. The predicted molar refractivity (Wildman–Crippen MR) is 18.1 cm³/mol. The van der Waals surface area contributed by atoms with Crippen LogP contribution in [-0.2, 0) is 19.5 Å². The molecule has 0 aliphatic heterocycles. The van der Waals surface area contributed by atoms with Crippen LogP contribution in [0, 0.1) is 0 Å². The number of hydrogen-bond acceptors (Lipinski definition) is 1. The zero-order valence-electron chi connectivity index (χ0n) is 5.00. The number of hydrogen-bond donors (Lipinski definition) is 1. The molecule has 0 heterocycles. The second kappa shape index (κ2) is 3.71. The molecule has 0 fully saturated rings. The van der Waals surface area contributed by atoms with Gasteiger partial charge in [0.15, 0.2) is 0 Å². The normalized spacial score (nSPS) is 13.1. The van der Waals surface area contributed by atoms with Crippen molar-refractivity contribution >= 4 is 0 Å². The Labute approximate surface area is 70.1 Å². The van der Waals surface area contributed by atoms with Gasteiger partial charge in [0.05, 0.1) is 0 Å². The first-order valence-electron chi connectivity index (χ1n) is 1.97. The summed E-state index contributed by atoms with van der Waals surface area (Å²) in [7, 11) is 0. The van der Waals surface area contributed by atoms with Gasteiger partial charge in [0.2, 0.25) is 6.10 Å². The molecule has 64 valence electrons. The van der Waals surface area contributed by atoms with Crippen LogP contribution < -0.4 is 0 Å². The van der Waals surface area contributed by atoms with Gasteiger partial charge in [0, 0.05) is 19.5 Å². The number of halogens is 6. The third-order valence-corrected chi connectivity index (χ3v) is 0.620. The van der Waals surface area contributed by atoms with Crippen molar-refractivity contribution in [1.29, 1.82) is 0 Å². The van der Waals surface area contributed by atoms with Crippen molar-refractivity contribution in [3.05, 3.63) is 0 Å². The Morgan fingerprint density at radius 1 is 0.818 bits per heavy atom. The molecule has 0 aliphatic rings. The van der Waals surface area contributed by atoms with Gasteiger partial charge in [0.25, 0.3) is 0 Å². The quantitative estimate of drug-likeness (QED) is 0.496. The Morgan fingerprint density at radius 3 is 1.00 bits per heavy atom. The van der Waals surface area contributed by atoms with Crippen molar-refractivity contribution in [2.24, 2.45) is 0 Å². The minimum absolute atomic E-state index is 0. The first kappa shape index (κ1) is 13.7. The summed E-state index contributed by atoms with van der Waals surface area (Å²) in [4.78, 5) is 0. The summed E-state index contributed by atoms with van der Waals surface area (Å²) in [5.74, 6) is 0. The largest absolute Gasteiger partial charge is 0.423 e. The Balaban J connectivity index is 0. The van der Waals surface area contributed by atoms with Gasteiger partial charge in [0.1, 0.15) is 0 Å². The van der Waals surface area contributed by atoms with E-state index in [4.69, 9.17) is 5.11 Å². The fourth-order valence-corrected chi connectivity index (χ4v) is 0.186. The van der Waals surface area contributed by atoms with Crippen molar-refractivity contribution < 1.29 is 50.9 Å². The summed E-state index contributed by atoms with van der Waals surface area (Å²) in [6.45, 7) is 0. The van der Waals surface area contributed by atoms with Crippen LogP contribution >= 0.6 is 0 Å². The summed E-state index contributed by atoms with van der Waals surface area (Å²) in [5.41, 5.74) is 0. The average molecular weight is 233 g/mol. The van der Waals surface area contributed by atoms with Crippen molar-refractivity contribution in [2.75, 3.05) is 0 Å². The molecular formula is C3H2F6OZn. The molecule has 0 radical (unpaired) electrons. The SMILES string of the molecule is OC(C(F)(F)F)C(F)(F)F.[Zn]. The van der Waals surface area contributed by atoms with E-state index < -0.39 is 18.5 Å². The third kappa shape index (κ3) is 4.58. The van der Waals surface area contributed by atoms with E-state index in [-0.39, 0.29) is 19.5 Å².